The summed E-state index contributed by atoms with van der Waals surface area (Å²) in [6.07, 6.45) is 5.27. The van der Waals surface area contributed by atoms with E-state index in [0.29, 0.717) is 6.04 Å². The lowest BCUT2D eigenvalue weighted by molar-refractivity contribution is 0.105. The average molecular weight is 154 g/mol. The molecule has 1 atom stereocenters. The minimum Gasteiger partial charge on any atom is -0.328 e. The minimum absolute atomic E-state index is 0.507. The molecule has 0 bridgehead atoms. The van der Waals surface area contributed by atoms with E-state index in [1.54, 1.807) is 0 Å². The summed E-state index contributed by atoms with van der Waals surface area (Å²) in [6, 6.07) is 2.17. The molecule has 11 heavy (non-hydrogen) atoms. The number of nitrogens with zero attached hydrogens (tertiary/aromatic N) is 1. The zero-order valence-electron chi connectivity index (χ0n) is 7.29. The first kappa shape index (κ1) is 7.56. The van der Waals surface area contributed by atoms with Crippen molar-refractivity contribution >= 4 is 0 Å². The molecule has 1 saturated heterocycles. The van der Waals surface area contributed by atoms with Crippen LogP contribution < -0.4 is 5.73 Å². The van der Waals surface area contributed by atoms with Gasteiger partial charge in [-0.2, -0.15) is 0 Å². The predicted octanol–water partition coefficient (Wildman–Crippen LogP) is 0.960. The van der Waals surface area contributed by atoms with Crippen LogP contribution in [-0.2, 0) is 0 Å². The Bertz CT molecular complexity index is 140. The van der Waals surface area contributed by atoms with E-state index >= 15 is 0 Å². The maximum absolute atomic E-state index is 5.76. The second kappa shape index (κ2) is 2.76. The quantitative estimate of drug-likeness (QED) is 0.609. The van der Waals surface area contributed by atoms with Crippen molar-refractivity contribution in [3.05, 3.63) is 0 Å². The van der Waals surface area contributed by atoms with Crippen LogP contribution in [0.25, 0.3) is 0 Å². The van der Waals surface area contributed by atoms with E-state index in [2.05, 4.69) is 11.8 Å². The summed E-state index contributed by atoms with van der Waals surface area (Å²) in [7, 11) is 0. The maximum Gasteiger partial charge on any atom is 0.0127 e. The highest BCUT2D eigenvalue weighted by molar-refractivity contribution is 4.93. The zero-order chi connectivity index (χ0) is 7.84. The summed E-state index contributed by atoms with van der Waals surface area (Å²) >= 11 is 0. The summed E-state index contributed by atoms with van der Waals surface area (Å²) in [5, 5.41) is 0. The number of hydrogen-bond acceptors (Lipinski definition) is 2. The van der Waals surface area contributed by atoms with Crippen LogP contribution in [0.1, 0.15) is 32.6 Å². The van der Waals surface area contributed by atoms with Crippen LogP contribution in [0.3, 0.4) is 0 Å². The van der Waals surface area contributed by atoms with E-state index in [0.717, 1.165) is 12.1 Å². The van der Waals surface area contributed by atoms with Crippen molar-refractivity contribution in [1.82, 2.24) is 4.90 Å². The van der Waals surface area contributed by atoms with E-state index in [-0.39, 0.29) is 0 Å². The molecule has 2 fully saturated rings. The summed E-state index contributed by atoms with van der Waals surface area (Å²) in [5.41, 5.74) is 5.76. The van der Waals surface area contributed by atoms with Crippen molar-refractivity contribution in [2.75, 3.05) is 6.54 Å². The molecule has 1 saturated carbocycles. The maximum atomic E-state index is 5.76. The molecule has 1 unspecified atom stereocenters. The zero-order valence-corrected chi connectivity index (χ0v) is 7.29. The van der Waals surface area contributed by atoms with Gasteiger partial charge in [0.05, 0.1) is 0 Å². The van der Waals surface area contributed by atoms with E-state index < -0.39 is 0 Å². The summed E-state index contributed by atoms with van der Waals surface area (Å²) in [5.74, 6) is 0. The highest BCUT2D eigenvalue weighted by atomic mass is 15.2. The molecule has 1 heterocycles. The first-order valence-electron chi connectivity index (χ1n) is 4.78. The highest BCUT2D eigenvalue weighted by Gasteiger charge is 2.35. The monoisotopic (exact) mass is 154 g/mol. The predicted molar refractivity (Wildman–Crippen MR) is 46.4 cm³/mol. The largest absolute Gasteiger partial charge is 0.328 e. The Morgan fingerprint density at radius 3 is 2.55 bits per heavy atom. The summed E-state index contributed by atoms with van der Waals surface area (Å²) in [6.45, 7) is 3.66. The molecular weight excluding hydrogens is 136 g/mol. The lowest BCUT2D eigenvalue weighted by Crippen LogP contribution is -2.51. The Morgan fingerprint density at radius 2 is 2.09 bits per heavy atom. The Hall–Kier alpha value is -0.0800. The molecule has 2 heteroatoms. The molecule has 1 aliphatic heterocycles. The van der Waals surface area contributed by atoms with Crippen LogP contribution in [0.5, 0.6) is 0 Å². The van der Waals surface area contributed by atoms with Gasteiger partial charge in [0.15, 0.2) is 0 Å². The fourth-order valence-corrected chi connectivity index (χ4v) is 2.40. The van der Waals surface area contributed by atoms with Crippen LogP contribution in [0.4, 0.5) is 0 Å². The van der Waals surface area contributed by atoms with Crippen LogP contribution in [0.2, 0.25) is 0 Å². The van der Waals surface area contributed by atoms with E-state index in [1.165, 1.54) is 32.2 Å². The molecule has 0 amide bonds. The first-order valence-corrected chi connectivity index (χ1v) is 4.78. The average Bonchev–Trinajstić information content (AvgIpc) is 2.29. The molecule has 1 aliphatic carbocycles. The van der Waals surface area contributed by atoms with Gasteiger partial charge in [0.2, 0.25) is 0 Å². The van der Waals surface area contributed by atoms with Crippen molar-refractivity contribution in [2.45, 2.75) is 50.7 Å². The Morgan fingerprint density at radius 1 is 1.36 bits per heavy atom. The normalized spacial score (nSPS) is 45.8. The van der Waals surface area contributed by atoms with E-state index in [4.69, 9.17) is 5.73 Å². The molecule has 2 aliphatic rings. The van der Waals surface area contributed by atoms with Gasteiger partial charge in [-0.15, -0.1) is 0 Å². The molecule has 64 valence electrons. The smallest absolute Gasteiger partial charge is 0.0127 e. The molecule has 0 spiro atoms. The number of nitrogens with two attached hydrogens (primary N) is 1. The SMILES string of the molecule is CC1CCCN1C1CC(N)C1. The van der Waals surface area contributed by atoms with Crippen LogP contribution in [0.15, 0.2) is 0 Å². The number of hydrogen-bond donors (Lipinski definition) is 1. The standard InChI is InChI=1S/C9H18N2/c1-7-3-2-4-11(7)9-5-8(10)6-9/h7-9H,2-6,10H2,1H3. The minimum atomic E-state index is 0.507. The number of rotatable bonds is 1. The van der Waals surface area contributed by atoms with Crippen LogP contribution in [-0.4, -0.2) is 29.6 Å². The van der Waals surface area contributed by atoms with Crippen molar-refractivity contribution in [3.8, 4) is 0 Å². The van der Waals surface area contributed by atoms with Crippen molar-refractivity contribution in [2.24, 2.45) is 5.73 Å². The molecular formula is C9H18N2. The van der Waals surface area contributed by atoms with Gasteiger partial charge in [-0.1, -0.05) is 0 Å². The molecule has 2 rings (SSSR count). The third-order valence-electron chi connectivity index (χ3n) is 3.22. The summed E-state index contributed by atoms with van der Waals surface area (Å²) in [4.78, 5) is 2.64. The van der Waals surface area contributed by atoms with Crippen molar-refractivity contribution in [3.63, 3.8) is 0 Å². The van der Waals surface area contributed by atoms with E-state index in [9.17, 15) is 0 Å². The third kappa shape index (κ3) is 1.30. The van der Waals surface area contributed by atoms with Gasteiger partial charge < -0.3 is 5.73 Å². The molecule has 0 aromatic heterocycles. The lowest BCUT2D eigenvalue weighted by atomic mass is 9.86. The van der Waals surface area contributed by atoms with Gasteiger partial charge in [0, 0.05) is 18.1 Å². The summed E-state index contributed by atoms with van der Waals surface area (Å²) < 4.78 is 0. The lowest BCUT2D eigenvalue weighted by Gasteiger charge is -2.41. The molecule has 0 aromatic carbocycles. The topological polar surface area (TPSA) is 29.3 Å². The Kier molecular flexibility index (Phi) is 1.90. The van der Waals surface area contributed by atoms with Gasteiger partial charge in [-0.25, -0.2) is 0 Å². The third-order valence-corrected chi connectivity index (χ3v) is 3.22. The first-order chi connectivity index (χ1) is 5.27. The molecule has 0 radical (unpaired) electrons. The van der Waals surface area contributed by atoms with Gasteiger partial charge in [-0.05, 0) is 39.2 Å². The van der Waals surface area contributed by atoms with Crippen molar-refractivity contribution in [1.29, 1.82) is 0 Å². The van der Waals surface area contributed by atoms with Gasteiger partial charge in [-0.3, -0.25) is 4.90 Å². The van der Waals surface area contributed by atoms with Gasteiger partial charge in [0.1, 0.15) is 0 Å². The Labute approximate surface area is 68.7 Å². The second-order valence-electron chi connectivity index (χ2n) is 4.11. The fourth-order valence-electron chi connectivity index (χ4n) is 2.40. The molecule has 0 aromatic rings. The Balaban J connectivity index is 1.85. The van der Waals surface area contributed by atoms with Crippen LogP contribution in [0, 0.1) is 0 Å². The van der Waals surface area contributed by atoms with Crippen molar-refractivity contribution < 1.29 is 0 Å². The van der Waals surface area contributed by atoms with Gasteiger partial charge >= 0.3 is 0 Å². The van der Waals surface area contributed by atoms with Gasteiger partial charge in [0.25, 0.3) is 0 Å². The highest BCUT2D eigenvalue weighted by Crippen LogP contribution is 2.30. The molecule has 2 nitrogen and oxygen atoms in total. The number of likely N-dealkylation sites (tertiary alicyclic amines) is 1. The van der Waals surface area contributed by atoms with E-state index in [1.807, 2.05) is 0 Å². The van der Waals surface area contributed by atoms with Crippen LogP contribution >= 0.6 is 0 Å². The molecule has 2 N–H and O–H groups in total. The second-order valence-corrected chi connectivity index (χ2v) is 4.11. The fraction of sp³-hybridized carbons (Fsp3) is 1.00.